The van der Waals surface area contributed by atoms with Gasteiger partial charge in [-0.15, -0.1) is 0 Å². The fourth-order valence-electron chi connectivity index (χ4n) is 3.39. The number of phenolic OH excluding ortho intramolecular Hbond substituents is 1. The molecular weight excluding hydrogens is 408 g/mol. The number of ether oxygens (including phenoxy) is 4. The quantitative estimate of drug-likeness (QED) is 0.456. The SMILES string of the molecule is COc1cc(-c2c(OC)cc(-c3ccccc3)c(OC)c2O)ccc1OCC=C(C)CO. The maximum absolute atomic E-state index is 11.2. The predicted octanol–water partition coefficient (Wildman–Crippen LogP) is 5.07. The van der Waals surface area contributed by atoms with Crippen molar-refractivity contribution in [1.29, 1.82) is 0 Å². The van der Waals surface area contributed by atoms with Crippen molar-refractivity contribution < 1.29 is 29.2 Å². The van der Waals surface area contributed by atoms with E-state index in [0.717, 1.165) is 16.7 Å². The molecule has 0 unspecified atom stereocenters. The highest BCUT2D eigenvalue weighted by Crippen LogP contribution is 2.50. The van der Waals surface area contributed by atoms with Gasteiger partial charge in [0.05, 0.1) is 33.5 Å². The lowest BCUT2D eigenvalue weighted by molar-refractivity contribution is 0.316. The fourth-order valence-corrected chi connectivity index (χ4v) is 3.39. The first-order chi connectivity index (χ1) is 15.5. The summed E-state index contributed by atoms with van der Waals surface area (Å²) in [5.74, 6) is 1.88. The van der Waals surface area contributed by atoms with E-state index in [1.165, 1.54) is 7.11 Å². The van der Waals surface area contributed by atoms with Crippen LogP contribution in [0.2, 0.25) is 0 Å². The molecule has 0 fully saturated rings. The van der Waals surface area contributed by atoms with Gasteiger partial charge in [-0.05, 0) is 47.9 Å². The van der Waals surface area contributed by atoms with Crippen molar-refractivity contribution in [2.24, 2.45) is 0 Å². The lowest BCUT2D eigenvalue weighted by Crippen LogP contribution is -1.99. The normalized spacial score (nSPS) is 11.2. The summed E-state index contributed by atoms with van der Waals surface area (Å²) in [6.07, 6.45) is 1.80. The van der Waals surface area contributed by atoms with Crippen LogP contribution < -0.4 is 18.9 Å². The number of phenols is 1. The molecule has 3 aromatic rings. The Morgan fingerprint density at radius 2 is 1.56 bits per heavy atom. The maximum atomic E-state index is 11.2. The van der Waals surface area contributed by atoms with Crippen LogP contribution in [0.5, 0.6) is 28.7 Å². The van der Waals surface area contributed by atoms with Crippen molar-refractivity contribution in [2.45, 2.75) is 6.92 Å². The van der Waals surface area contributed by atoms with Crippen LogP contribution in [0.25, 0.3) is 22.3 Å². The second-order valence-corrected chi connectivity index (χ2v) is 7.13. The van der Waals surface area contributed by atoms with Crippen molar-refractivity contribution in [3.8, 4) is 51.0 Å². The number of aliphatic hydroxyl groups is 1. The molecule has 6 nitrogen and oxygen atoms in total. The first-order valence-electron chi connectivity index (χ1n) is 10.1. The summed E-state index contributed by atoms with van der Waals surface area (Å²) in [5, 5.41) is 20.3. The molecule has 0 atom stereocenters. The molecule has 0 heterocycles. The minimum Gasteiger partial charge on any atom is -0.504 e. The van der Waals surface area contributed by atoms with E-state index in [1.54, 1.807) is 32.4 Å². The number of hydrogen-bond donors (Lipinski definition) is 2. The zero-order chi connectivity index (χ0) is 23.1. The molecule has 0 aromatic heterocycles. The molecule has 6 heteroatoms. The Morgan fingerprint density at radius 1 is 0.844 bits per heavy atom. The van der Waals surface area contributed by atoms with Crippen molar-refractivity contribution in [1.82, 2.24) is 0 Å². The van der Waals surface area contributed by atoms with E-state index in [-0.39, 0.29) is 12.4 Å². The van der Waals surface area contributed by atoms with Crippen molar-refractivity contribution in [3.63, 3.8) is 0 Å². The summed E-state index contributed by atoms with van der Waals surface area (Å²) in [6, 6.07) is 16.9. The molecule has 3 rings (SSSR count). The van der Waals surface area contributed by atoms with E-state index in [2.05, 4.69) is 0 Å². The summed E-state index contributed by atoms with van der Waals surface area (Å²) in [6.45, 7) is 2.11. The molecule has 0 saturated heterocycles. The average Bonchev–Trinajstić information content (AvgIpc) is 2.83. The lowest BCUT2D eigenvalue weighted by atomic mass is 9.96. The van der Waals surface area contributed by atoms with E-state index in [9.17, 15) is 5.11 Å². The zero-order valence-corrected chi connectivity index (χ0v) is 18.7. The third kappa shape index (κ3) is 4.81. The van der Waals surface area contributed by atoms with E-state index in [0.29, 0.717) is 40.7 Å². The Morgan fingerprint density at radius 3 is 2.19 bits per heavy atom. The topological polar surface area (TPSA) is 77.4 Å². The highest BCUT2D eigenvalue weighted by Gasteiger charge is 2.22. The maximum Gasteiger partial charge on any atom is 0.170 e. The Hall–Kier alpha value is -3.64. The third-order valence-corrected chi connectivity index (χ3v) is 5.10. The highest BCUT2D eigenvalue weighted by molar-refractivity contribution is 5.88. The Labute approximate surface area is 188 Å². The Bertz CT molecular complexity index is 1090. The van der Waals surface area contributed by atoms with E-state index < -0.39 is 0 Å². The molecule has 3 aromatic carbocycles. The molecule has 0 radical (unpaired) electrons. The van der Waals surface area contributed by atoms with Gasteiger partial charge in [0.2, 0.25) is 0 Å². The number of methoxy groups -OCH3 is 3. The van der Waals surface area contributed by atoms with E-state index in [1.807, 2.05) is 49.4 Å². The first-order valence-corrected chi connectivity index (χ1v) is 10.1. The van der Waals surface area contributed by atoms with Crippen LogP contribution in [-0.4, -0.2) is 44.8 Å². The highest BCUT2D eigenvalue weighted by atomic mass is 16.5. The zero-order valence-electron chi connectivity index (χ0n) is 18.7. The first kappa shape index (κ1) is 23.0. The largest absolute Gasteiger partial charge is 0.504 e. The molecule has 168 valence electrons. The molecule has 32 heavy (non-hydrogen) atoms. The van der Waals surface area contributed by atoms with Gasteiger partial charge in [-0.25, -0.2) is 0 Å². The van der Waals surface area contributed by atoms with Crippen molar-refractivity contribution in [3.05, 3.63) is 66.2 Å². The van der Waals surface area contributed by atoms with Gasteiger partial charge in [-0.3, -0.25) is 0 Å². The van der Waals surface area contributed by atoms with Gasteiger partial charge in [0.1, 0.15) is 12.4 Å². The number of aromatic hydroxyl groups is 1. The molecule has 2 N–H and O–H groups in total. The van der Waals surface area contributed by atoms with Crippen LogP contribution in [0, 0.1) is 0 Å². The van der Waals surface area contributed by atoms with Gasteiger partial charge < -0.3 is 29.2 Å². The third-order valence-electron chi connectivity index (χ3n) is 5.10. The summed E-state index contributed by atoms with van der Waals surface area (Å²) < 4.78 is 22.5. The standard InChI is InChI=1S/C26H28O6/c1-17(16-27)12-13-32-21-11-10-19(14-22(21)29-2)24-23(30-3)15-20(26(31-4)25(24)28)18-8-6-5-7-9-18/h5-12,14-15,27-28H,13,16H2,1-4H3. The number of aliphatic hydroxyl groups excluding tert-OH is 1. The molecule has 0 aliphatic heterocycles. The summed E-state index contributed by atoms with van der Waals surface area (Å²) in [4.78, 5) is 0. The average molecular weight is 437 g/mol. The second-order valence-electron chi connectivity index (χ2n) is 7.13. The summed E-state index contributed by atoms with van der Waals surface area (Å²) in [7, 11) is 4.64. The molecule has 0 spiro atoms. The lowest BCUT2D eigenvalue weighted by Gasteiger charge is -2.19. The van der Waals surface area contributed by atoms with Gasteiger partial charge >= 0.3 is 0 Å². The van der Waals surface area contributed by atoms with Crippen LogP contribution in [-0.2, 0) is 0 Å². The van der Waals surface area contributed by atoms with Gasteiger partial charge in [0.15, 0.2) is 23.0 Å². The number of benzene rings is 3. The molecule has 0 amide bonds. The minimum absolute atomic E-state index is 0.0146. The van der Waals surface area contributed by atoms with Crippen LogP contribution in [0.3, 0.4) is 0 Å². The van der Waals surface area contributed by atoms with Gasteiger partial charge in [0.25, 0.3) is 0 Å². The monoisotopic (exact) mass is 436 g/mol. The molecule has 0 aliphatic rings. The van der Waals surface area contributed by atoms with E-state index in [4.69, 9.17) is 24.1 Å². The molecule has 0 saturated carbocycles. The van der Waals surface area contributed by atoms with Gasteiger partial charge in [0, 0.05) is 5.56 Å². The Balaban J connectivity index is 2.07. The molecule has 0 aliphatic carbocycles. The van der Waals surface area contributed by atoms with Crippen LogP contribution in [0.4, 0.5) is 0 Å². The second kappa shape index (κ2) is 10.6. The summed E-state index contributed by atoms with van der Waals surface area (Å²) in [5.41, 5.74) is 3.62. The Kier molecular flexibility index (Phi) is 7.63. The van der Waals surface area contributed by atoms with Crippen LogP contribution in [0.1, 0.15) is 6.92 Å². The van der Waals surface area contributed by atoms with Gasteiger partial charge in [-0.2, -0.15) is 0 Å². The minimum atomic E-state index is -0.0251. The van der Waals surface area contributed by atoms with Crippen LogP contribution >= 0.6 is 0 Å². The van der Waals surface area contributed by atoms with Gasteiger partial charge in [-0.1, -0.05) is 36.4 Å². The van der Waals surface area contributed by atoms with Crippen LogP contribution in [0.15, 0.2) is 66.2 Å². The fraction of sp³-hybridized carbons (Fsp3) is 0.231. The van der Waals surface area contributed by atoms with Crippen molar-refractivity contribution >= 4 is 0 Å². The molecular formula is C26H28O6. The smallest absolute Gasteiger partial charge is 0.170 e. The van der Waals surface area contributed by atoms with Crippen molar-refractivity contribution in [2.75, 3.05) is 34.5 Å². The van der Waals surface area contributed by atoms with E-state index >= 15 is 0 Å². The summed E-state index contributed by atoms with van der Waals surface area (Å²) >= 11 is 0. The number of hydrogen-bond acceptors (Lipinski definition) is 6. The number of rotatable bonds is 9. The predicted molar refractivity (Wildman–Crippen MR) is 125 cm³/mol. The molecule has 0 bridgehead atoms.